The Morgan fingerprint density at radius 1 is 1.00 bits per heavy atom. The van der Waals surface area contributed by atoms with E-state index >= 15 is 0 Å². The maximum atomic E-state index is 3.88. The molecule has 95 valence electrons. The minimum atomic E-state index is 0. The van der Waals surface area contributed by atoms with Crippen LogP contribution in [0.25, 0.3) is 0 Å². The summed E-state index contributed by atoms with van der Waals surface area (Å²) in [5.41, 5.74) is 0. The molecule has 1 N–H and O–H groups in total. The van der Waals surface area contributed by atoms with Crippen molar-refractivity contribution in [3.05, 3.63) is 6.92 Å². The van der Waals surface area contributed by atoms with E-state index in [1.54, 1.807) is 0 Å². The van der Waals surface area contributed by atoms with Gasteiger partial charge in [0.1, 0.15) is 0 Å². The van der Waals surface area contributed by atoms with Crippen molar-refractivity contribution in [1.82, 2.24) is 15.1 Å². The standard InChI is InChI=1S/C10H22N3.C2H6.Y/c1-3-5-12-7-9-13(10-8-12)6-4-11-2;1-2;/h11H,1,3-10H2,2H3;1-2H3;/q-1;;. The molecule has 0 saturated carbocycles. The molecule has 0 aromatic carbocycles. The van der Waals surface area contributed by atoms with Crippen LogP contribution in [0.4, 0.5) is 0 Å². The summed E-state index contributed by atoms with van der Waals surface area (Å²) in [6.07, 6.45) is 1.04. The first-order valence-corrected chi connectivity index (χ1v) is 6.25. The molecule has 1 saturated heterocycles. The van der Waals surface area contributed by atoms with Crippen LogP contribution in [0.5, 0.6) is 0 Å². The van der Waals surface area contributed by atoms with Crippen LogP contribution in [0.2, 0.25) is 0 Å². The number of hydrogen-bond acceptors (Lipinski definition) is 3. The molecule has 16 heavy (non-hydrogen) atoms. The van der Waals surface area contributed by atoms with Crippen molar-refractivity contribution in [1.29, 1.82) is 0 Å². The zero-order chi connectivity index (χ0) is 11.5. The van der Waals surface area contributed by atoms with Crippen LogP contribution >= 0.6 is 0 Å². The van der Waals surface area contributed by atoms with Gasteiger partial charge in [0.15, 0.2) is 0 Å². The normalized spacial score (nSPS) is 17.2. The third-order valence-electron chi connectivity index (χ3n) is 2.62. The third kappa shape index (κ3) is 9.06. The van der Waals surface area contributed by atoms with Crippen LogP contribution in [-0.2, 0) is 32.7 Å². The molecule has 4 heteroatoms. The van der Waals surface area contributed by atoms with E-state index in [4.69, 9.17) is 0 Å². The Kier molecular flexibility index (Phi) is 17.0. The van der Waals surface area contributed by atoms with E-state index in [2.05, 4.69) is 22.0 Å². The zero-order valence-corrected chi connectivity index (χ0v) is 14.2. The van der Waals surface area contributed by atoms with Crippen LogP contribution in [-0.4, -0.2) is 62.7 Å². The summed E-state index contributed by atoms with van der Waals surface area (Å²) in [5, 5.41) is 3.19. The van der Waals surface area contributed by atoms with Gasteiger partial charge in [0, 0.05) is 72.0 Å². The Bertz CT molecular complexity index is 125. The molecule has 1 aliphatic heterocycles. The van der Waals surface area contributed by atoms with Gasteiger partial charge in [-0.1, -0.05) is 13.8 Å². The smallest absolute Gasteiger partial charge is 0.0110 e. The molecule has 1 radical (unpaired) electrons. The quantitative estimate of drug-likeness (QED) is 0.767. The predicted molar refractivity (Wildman–Crippen MR) is 68.1 cm³/mol. The molecule has 0 aromatic rings. The van der Waals surface area contributed by atoms with Crippen LogP contribution in [0, 0.1) is 6.92 Å². The van der Waals surface area contributed by atoms with E-state index in [0.29, 0.717) is 0 Å². The Hall–Kier alpha value is 0.984. The van der Waals surface area contributed by atoms with E-state index in [9.17, 15) is 0 Å². The summed E-state index contributed by atoms with van der Waals surface area (Å²) in [5.74, 6) is 0. The van der Waals surface area contributed by atoms with Crippen molar-refractivity contribution < 1.29 is 32.7 Å². The van der Waals surface area contributed by atoms with Gasteiger partial charge in [0.05, 0.1) is 0 Å². The van der Waals surface area contributed by atoms with E-state index in [-0.39, 0.29) is 32.7 Å². The minimum Gasteiger partial charge on any atom is -0.342 e. The second kappa shape index (κ2) is 14.0. The molecule has 0 aliphatic carbocycles. The Balaban J connectivity index is 0. The zero-order valence-electron chi connectivity index (χ0n) is 11.3. The van der Waals surface area contributed by atoms with Gasteiger partial charge in [0.25, 0.3) is 0 Å². The maximum absolute atomic E-state index is 3.88. The second-order valence-corrected chi connectivity index (χ2v) is 3.64. The molecule has 0 bridgehead atoms. The molecule has 1 aliphatic rings. The molecular weight excluding hydrogens is 275 g/mol. The second-order valence-electron chi connectivity index (χ2n) is 3.64. The first kappa shape index (κ1) is 19.3. The number of piperazine rings is 1. The molecule has 0 atom stereocenters. The summed E-state index contributed by atoms with van der Waals surface area (Å²) in [6, 6.07) is 0. The largest absolute Gasteiger partial charge is 0.342 e. The van der Waals surface area contributed by atoms with Gasteiger partial charge in [0.2, 0.25) is 0 Å². The fourth-order valence-electron chi connectivity index (χ4n) is 1.73. The fourth-order valence-corrected chi connectivity index (χ4v) is 1.73. The first-order valence-electron chi connectivity index (χ1n) is 6.25. The number of rotatable bonds is 5. The molecule has 1 fully saturated rings. The van der Waals surface area contributed by atoms with Gasteiger partial charge < -0.3 is 17.1 Å². The summed E-state index contributed by atoms with van der Waals surface area (Å²) in [4.78, 5) is 5.03. The summed E-state index contributed by atoms with van der Waals surface area (Å²) < 4.78 is 0. The van der Waals surface area contributed by atoms with Gasteiger partial charge in [-0.15, -0.1) is 0 Å². The van der Waals surface area contributed by atoms with Crippen molar-refractivity contribution >= 4 is 0 Å². The SMILES string of the molecule is CC.[CH2-]CCN1CCN(CCNC)CC1.[Y]. The molecule has 1 heterocycles. The Morgan fingerprint density at radius 2 is 1.44 bits per heavy atom. The monoisotopic (exact) mass is 303 g/mol. The van der Waals surface area contributed by atoms with Gasteiger partial charge in [-0.05, 0) is 13.6 Å². The van der Waals surface area contributed by atoms with Gasteiger partial charge in [-0.3, -0.25) is 4.90 Å². The maximum Gasteiger partial charge on any atom is 0.0110 e. The van der Waals surface area contributed by atoms with E-state index in [1.165, 1.54) is 39.3 Å². The summed E-state index contributed by atoms with van der Waals surface area (Å²) >= 11 is 0. The average Bonchev–Trinajstić information content (AvgIpc) is 2.31. The average molecular weight is 303 g/mol. The van der Waals surface area contributed by atoms with Gasteiger partial charge in [-0.25, -0.2) is 0 Å². The van der Waals surface area contributed by atoms with E-state index < -0.39 is 0 Å². The van der Waals surface area contributed by atoms with Crippen molar-refractivity contribution in [2.24, 2.45) is 0 Å². The molecule has 0 spiro atoms. The molecule has 0 amide bonds. The topological polar surface area (TPSA) is 18.5 Å². The number of nitrogens with one attached hydrogen (secondary N) is 1. The van der Waals surface area contributed by atoms with Crippen LogP contribution in [0.3, 0.4) is 0 Å². The van der Waals surface area contributed by atoms with Crippen molar-refractivity contribution in [3.8, 4) is 0 Å². The summed E-state index contributed by atoms with van der Waals surface area (Å²) in [7, 11) is 2.01. The number of hydrogen-bond donors (Lipinski definition) is 1. The van der Waals surface area contributed by atoms with Crippen molar-refractivity contribution in [2.75, 3.05) is 52.9 Å². The van der Waals surface area contributed by atoms with E-state index in [0.717, 1.165) is 13.0 Å². The summed E-state index contributed by atoms with van der Waals surface area (Å²) in [6.45, 7) is 16.2. The van der Waals surface area contributed by atoms with Gasteiger partial charge >= 0.3 is 0 Å². The molecule has 0 unspecified atom stereocenters. The van der Waals surface area contributed by atoms with Crippen molar-refractivity contribution in [3.63, 3.8) is 0 Å². The van der Waals surface area contributed by atoms with Crippen LogP contribution in [0.15, 0.2) is 0 Å². The van der Waals surface area contributed by atoms with Crippen LogP contribution in [0.1, 0.15) is 20.3 Å². The molecular formula is C12H28N3Y-. The first-order chi connectivity index (χ1) is 7.36. The number of likely N-dealkylation sites (N-methyl/N-ethyl adjacent to an activating group) is 1. The predicted octanol–water partition coefficient (Wildman–Crippen LogP) is 1.07. The number of nitrogens with zero attached hydrogens (tertiary/aromatic N) is 2. The van der Waals surface area contributed by atoms with E-state index in [1.807, 2.05) is 20.9 Å². The molecule has 3 nitrogen and oxygen atoms in total. The Labute approximate surface area is 127 Å². The van der Waals surface area contributed by atoms with Crippen molar-refractivity contribution in [2.45, 2.75) is 20.3 Å². The minimum absolute atomic E-state index is 0. The third-order valence-corrected chi connectivity index (χ3v) is 2.62. The van der Waals surface area contributed by atoms with Crippen LogP contribution < -0.4 is 5.32 Å². The van der Waals surface area contributed by atoms with Gasteiger partial charge in [-0.2, -0.15) is 6.42 Å². The Morgan fingerprint density at radius 3 is 1.81 bits per heavy atom. The molecule has 1 rings (SSSR count). The fraction of sp³-hybridized carbons (Fsp3) is 0.917. The molecule has 0 aromatic heterocycles.